The van der Waals surface area contributed by atoms with Crippen LogP contribution in [-0.4, -0.2) is 55.7 Å². The summed E-state index contributed by atoms with van der Waals surface area (Å²) in [5.74, 6) is 0.150. The van der Waals surface area contributed by atoms with E-state index in [4.69, 9.17) is 4.74 Å². The van der Waals surface area contributed by atoms with E-state index in [0.29, 0.717) is 43.8 Å². The Balaban J connectivity index is 1.41. The molecule has 2 fully saturated rings. The molecule has 9 heteroatoms. The Morgan fingerprint density at radius 1 is 1.03 bits per heavy atom. The number of aliphatic hydroxyl groups is 1. The molecule has 7 nitrogen and oxygen atoms in total. The van der Waals surface area contributed by atoms with Crippen LogP contribution in [-0.2, 0) is 15.6 Å². The number of hydrogen-bond donors (Lipinski definition) is 1. The molecule has 1 aliphatic carbocycles. The number of sulfonamides is 1. The molecule has 1 aromatic heterocycles. The average Bonchev–Trinajstić information content (AvgIpc) is 2.95. The molecule has 5 rings (SSSR count). The maximum Gasteiger partial charge on any atom is 0.264 e. The van der Waals surface area contributed by atoms with Crippen LogP contribution in [0.5, 0.6) is 5.75 Å². The van der Waals surface area contributed by atoms with E-state index in [1.165, 1.54) is 47.8 Å². The number of anilines is 1. The largest absolute Gasteiger partial charge is 0.497 e. The summed E-state index contributed by atoms with van der Waals surface area (Å²) in [4.78, 5) is 6.71. The second-order valence-corrected chi connectivity index (χ2v) is 12.0. The van der Waals surface area contributed by atoms with Crippen molar-refractivity contribution in [3.05, 3.63) is 84.4 Å². The van der Waals surface area contributed by atoms with Gasteiger partial charge in [0.25, 0.3) is 10.0 Å². The van der Waals surface area contributed by atoms with Crippen molar-refractivity contribution in [3.8, 4) is 5.75 Å². The highest BCUT2D eigenvalue weighted by Crippen LogP contribution is 2.41. The van der Waals surface area contributed by atoms with E-state index in [-0.39, 0.29) is 17.0 Å². The van der Waals surface area contributed by atoms with E-state index in [9.17, 15) is 17.9 Å². The zero-order valence-electron chi connectivity index (χ0n) is 21.5. The number of benzene rings is 2. The first-order valence-electron chi connectivity index (χ1n) is 13.1. The van der Waals surface area contributed by atoms with Crippen molar-refractivity contribution in [2.45, 2.75) is 61.1 Å². The van der Waals surface area contributed by atoms with Crippen molar-refractivity contribution in [2.75, 3.05) is 24.5 Å². The SMILES string of the molecule is COc1ccc(S(=O)(=O)N(c2ccc(F)cc2)C2CCN([C@@H]3CCCC[C@]3(O)c3cccnc3)CC2)cc1. The van der Waals surface area contributed by atoms with E-state index in [2.05, 4.69) is 9.88 Å². The minimum atomic E-state index is -3.92. The normalized spacial score (nSPS) is 23.2. The maximum atomic E-state index is 13.9. The molecule has 3 aromatic rings. The summed E-state index contributed by atoms with van der Waals surface area (Å²) < 4.78 is 48.2. The minimum absolute atomic E-state index is 0.0566. The summed E-state index contributed by atoms with van der Waals surface area (Å²) in [6.45, 7) is 1.29. The van der Waals surface area contributed by atoms with Gasteiger partial charge in [0.05, 0.1) is 17.7 Å². The van der Waals surface area contributed by atoms with Gasteiger partial charge in [-0.3, -0.25) is 14.2 Å². The van der Waals surface area contributed by atoms with E-state index >= 15 is 0 Å². The van der Waals surface area contributed by atoms with Crippen LogP contribution in [0, 0.1) is 5.82 Å². The van der Waals surface area contributed by atoms with Crippen molar-refractivity contribution >= 4 is 15.7 Å². The Kier molecular flexibility index (Phi) is 7.70. The number of methoxy groups -OCH3 is 1. The molecule has 1 N–H and O–H groups in total. The second-order valence-electron chi connectivity index (χ2n) is 10.1. The van der Waals surface area contributed by atoms with Gasteiger partial charge in [-0.25, -0.2) is 12.8 Å². The van der Waals surface area contributed by atoms with Gasteiger partial charge in [-0.1, -0.05) is 18.9 Å². The molecule has 2 aromatic carbocycles. The number of halogens is 1. The Morgan fingerprint density at radius 2 is 1.74 bits per heavy atom. The fraction of sp³-hybridized carbons (Fsp3) is 0.414. The summed E-state index contributed by atoms with van der Waals surface area (Å²) in [5.41, 5.74) is 0.289. The van der Waals surface area contributed by atoms with Crippen LogP contribution in [0.25, 0.3) is 0 Å². The fourth-order valence-electron chi connectivity index (χ4n) is 6.00. The summed E-state index contributed by atoms with van der Waals surface area (Å²) in [6, 6.07) is 15.4. The van der Waals surface area contributed by atoms with Gasteiger partial charge in [0.2, 0.25) is 0 Å². The van der Waals surface area contributed by atoms with Crippen molar-refractivity contribution in [1.29, 1.82) is 0 Å². The first-order valence-corrected chi connectivity index (χ1v) is 14.6. The number of piperidine rings is 1. The van der Waals surface area contributed by atoms with Crippen LogP contribution in [0.1, 0.15) is 44.1 Å². The number of pyridine rings is 1. The van der Waals surface area contributed by atoms with Gasteiger partial charge >= 0.3 is 0 Å². The van der Waals surface area contributed by atoms with Gasteiger partial charge in [-0.15, -0.1) is 0 Å². The standard InChI is InChI=1S/C29H34FN3O4S/c1-37-26-11-13-27(14-12-26)38(35,36)33(24-9-7-23(30)8-10-24)25-15-19-32(20-16-25)28-6-2-3-17-29(28,34)22-5-4-18-31-21-22/h4-5,7-14,18,21,25,28,34H,2-3,6,15-17,19-20H2,1H3/t28-,29+/m1/s1. The molecule has 0 unspecified atom stereocenters. The number of rotatable bonds is 7. The molecule has 1 aliphatic heterocycles. The minimum Gasteiger partial charge on any atom is -0.497 e. The van der Waals surface area contributed by atoms with Gasteiger partial charge in [0.15, 0.2) is 0 Å². The topological polar surface area (TPSA) is 83.0 Å². The van der Waals surface area contributed by atoms with Gasteiger partial charge < -0.3 is 9.84 Å². The van der Waals surface area contributed by atoms with Crippen LogP contribution in [0.4, 0.5) is 10.1 Å². The Bertz CT molecular complexity index is 1310. The van der Waals surface area contributed by atoms with Crippen LogP contribution < -0.4 is 9.04 Å². The van der Waals surface area contributed by atoms with Crippen molar-refractivity contribution in [3.63, 3.8) is 0 Å². The number of aromatic nitrogens is 1. The molecule has 0 bridgehead atoms. The van der Waals surface area contributed by atoms with Gasteiger partial charge in [-0.05, 0) is 80.3 Å². The Morgan fingerprint density at radius 3 is 2.37 bits per heavy atom. The second kappa shape index (κ2) is 11.0. The van der Waals surface area contributed by atoms with Gasteiger partial charge in [-0.2, -0.15) is 0 Å². The van der Waals surface area contributed by atoms with Crippen LogP contribution >= 0.6 is 0 Å². The lowest BCUT2D eigenvalue weighted by Crippen LogP contribution is -2.57. The van der Waals surface area contributed by atoms with E-state index in [1.54, 1.807) is 24.5 Å². The third-order valence-corrected chi connectivity index (χ3v) is 9.86. The summed E-state index contributed by atoms with van der Waals surface area (Å²) in [5, 5.41) is 11.8. The molecule has 1 saturated carbocycles. The average molecular weight is 540 g/mol. The highest BCUT2D eigenvalue weighted by atomic mass is 32.2. The molecule has 202 valence electrons. The van der Waals surface area contributed by atoms with E-state index in [1.807, 2.05) is 12.1 Å². The highest BCUT2D eigenvalue weighted by Gasteiger charge is 2.45. The lowest BCUT2D eigenvalue weighted by molar-refractivity contribution is -0.0851. The number of likely N-dealkylation sites (tertiary alicyclic amines) is 1. The zero-order valence-corrected chi connectivity index (χ0v) is 22.4. The summed E-state index contributed by atoms with van der Waals surface area (Å²) in [6.07, 6.45) is 8.20. The summed E-state index contributed by atoms with van der Waals surface area (Å²) in [7, 11) is -2.39. The molecule has 0 amide bonds. The molecule has 2 atom stereocenters. The fourth-order valence-corrected chi connectivity index (χ4v) is 7.71. The Hall–Kier alpha value is -3.01. The molecule has 2 heterocycles. The number of nitrogens with zero attached hydrogens (tertiary/aromatic N) is 3. The first kappa shape index (κ1) is 26.6. The lowest BCUT2D eigenvalue weighted by atomic mass is 9.75. The van der Waals surface area contributed by atoms with E-state index in [0.717, 1.165) is 24.8 Å². The Labute approximate surface area is 223 Å². The third-order valence-electron chi connectivity index (χ3n) is 7.97. The highest BCUT2D eigenvalue weighted by molar-refractivity contribution is 7.92. The zero-order chi connectivity index (χ0) is 26.8. The van der Waals surface area contributed by atoms with E-state index < -0.39 is 21.4 Å². The van der Waals surface area contributed by atoms with Crippen LogP contribution in [0.15, 0.2) is 78.0 Å². The smallest absolute Gasteiger partial charge is 0.264 e. The van der Waals surface area contributed by atoms with Crippen molar-refractivity contribution < 1.29 is 22.7 Å². The van der Waals surface area contributed by atoms with Gasteiger partial charge in [0, 0.05) is 43.1 Å². The predicted octanol–water partition coefficient (Wildman–Crippen LogP) is 4.72. The lowest BCUT2D eigenvalue weighted by Gasteiger charge is -2.49. The number of ether oxygens (including phenoxy) is 1. The monoisotopic (exact) mass is 539 g/mol. The van der Waals surface area contributed by atoms with Crippen molar-refractivity contribution in [1.82, 2.24) is 9.88 Å². The molecule has 1 saturated heterocycles. The molecule has 0 spiro atoms. The third kappa shape index (κ3) is 5.15. The molecule has 2 aliphatic rings. The van der Waals surface area contributed by atoms with Crippen LogP contribution in [0.2, 0.25) is 0 Å². The van der Waals surface area contributed by atoms with Gasteiger partial charge in [0.1, 0.15) is 17.2 Å². The molecule has 0 radical (unpaired) electrons. The molecular weight excluding hydrogens is 505 g/mol. The van der Waals surface area contributed by atoms with Crippen molar-refractivity contribution in [2.24, 2.45) is 0 Å². The predicted molar refractivity (Wildman–Crippen MR) is 144 cm³/mol. The summed E-state index contributed by atoms with van der Waals surface area (Å²) >= 11 is 0. The maximum absolute atomic E-state index is 13.9. The van der Waals surface area contributed by atoms with Crippen LogP contribution in [0.3, 0.4) is 0 Å². The molecule has 38 heavy (non-hydrogen) atoms. The number of hydrogen-bond acceptors (Lipinski definition) is 6. The molecular formula is C29H34FN3O4S. The first-order chi connectivity index (χ1) is 18.3. The quantitative estimate of drug-likeness (QED) is 0.468.